The molecular weight excluding hydrogens is 502 g/mol. The summed E-state index contributed by atoms with van der Waals surface area (Å²) in [5.41, 5.74) is -0.537. The molecule has 200 valence electrons. The number of hydrogen-bond donors (Lipinski definition) is 2. The largest absolute Gasteiger partial charge is 0.494 e. The maximum absolute atomic E-state index is 14.0. The van der Waals surface area contributed by atoms with E-state index in [1.54, 1.807) is 40.5 Å². The van der Waals surface area contributed by atoms with Crippen LogP contribution >= 0.6 is 11.3 Å². The van der Waals surface area contributed by atoms with Crippen molar-refractivity contribution in [1.29, 1.82) is 0 Å². The summed E-state index contributed by atoms with van der Waals surface area (Å²) in [5, 5.41) is 8.14. The van der Waals surface area contributed by atoms with E-state index in [9.17, 15) is 14.4 Å². The van der Waals surface area contributed by atoms with Crippen LogP contribution < -0.4 is 15.4 Å². The second kappa shape index (κ2) is 10.2. The van der Waals surface area contributed by atoms with Gasteiger partial charge in [0.05, 0.1) is 31.1 Å². The number of amides is 3. The number of ether oxygens (including phenoxy) is 2. The van der Waals surface area contributed by atoms with Crippen molar-refractivity contribution in [3.63, 3.8) is 0 Å². The molecule has 1 aliphatic carbocycles. The Bertz CT molecular complexity index is 1220. The summed E-state index contributed by atoms with van der Waals surface area (Å²) in [6, 6.07) is 10.3. The predicted octanol–water partition coefficient (Wildman–Crippen LogP) is 3.89. The molecule has 4 heterocycles. The molecule has 4 aliphatic rings. The third kappa shape index (κ3) is 4.31. The van der Waals surface area contributed by atoms with E-state index in [0.717, 1.165) is 36.3 Å². The average molecular weight is 536 g/mol. The van der Waals surface area contributed by atoms with E-state index >= 15 is 0 Å². The molecule has 5 atom stereocenters. The molecule has 1 aromatic carbocycles. The number of anilines is 1. The number of likely N-dealkylation sites (tertiary alicyclic amines) is 1. The molecule has 9 heteroatoms. The standard InChI is InChI=1S/C29H33N3O5S/c1-2-36-20-12-10-19(11-13-20)30-26(33)23-22-14-15-29(37-22)24(23)28(35)32(17-21-9-6-16-38-21)25(29)27(34)31-18-7-4-3-5-8-18/h6,9-16,18,22-25H,2-5,7-8,17H2,1H3,(H,30,33)(H,31,34). The molecule has 1 saturated carbocycles. The summed E-state index contributed by atoms with van der Waals surface area (Å²) in [5.74, 6) is -1.45. The van der Waals surface area contributed by atoms with Crippen molar-refractivity contribution < 1.29 is 23.9 Å². The highest BCUT2D eigenvalue weighted by Crippen LogP contribution is 2.55. The first-order valence-electron chi connectivity index (χ1n) is 13.5. The number of rotatable bonds is 8. The Morgan fingerprint density at radius 2 is 1.92 bits per heavy atom. The topological polar surface area (TPSA) is 97.0 Å². The molecular formula is C29H33N3O5S. The average Bonchev–Trinajstić information content (AvgIpc) is 3.69. The van der Waals surface area contributed by atoms with Gasteiger partial charge in [0.1, 0.15) is 17.4 Å². The molecule has 2 aromatic rings. The highest BCUT2D eigenvalue weighted by molar-refractivity contribution is 7.09. The molecule has 3 fully saturated rings. The lowest BCUT2D eigenvalue weighted by Gasteiger charge is -2.34. The van der Waals surface area contributed by atoms with Gasteiger partial charge in [-0.2, -0.15) is 0 Å². The minimum Gasteiger partial charge on any atom is -0.494 e. The van der Waals surface area contributed by atoms with Gasteiger partial charge in [0.25, 0.3) is 0 Å². The van der Waals surface area contributed by atoms with E-state index in [1.807, 2.05) is 36.6 Å². The maximum atomic E-state index is 14.0. The fourth-order valence-electron chi connectivity index (χ4n) is 6.56. The van der Waals surface area contributed by atoms with Crippen molar-refractivity contribution in [3.05, 3.63) is 58.8 Å². The Morgan fingerprint density at radius 1 is 1.13 bits per heavy atom. The normalized spacial score (nSPS) is 29.9. The highest BCUT2D eigenvalue weighted by Gasteiger charge is 2.72. The van der Waals surface area contributed by atoms with Crippen LogP contribution in [0.2, 0.25) is 0 Å². The first-order valence-corrected chi connectivity index (χ1v) is 14.4. The van der Waals surface area contributed by atoms with Gasteiger partial charge in [0, 0.05) is 16.6 Å². The zero-order valence-corrected chi connectivity index (χ0v) is 22.2. The smallest absolute Gasteiger partial charge is 0.246 e. The first-order chi connectivity index (χ1) is 18.5. The van der Waals surface area contributed by atoms with Crippen LogP contribution in [0, 0.1) is 11.8 Å². The number of thiophene rings is 1. The maximum Gasteiger partial charge on any atom is 0.246 e. The molecule has 1 spiro atoms. The predicted molar refractivity (Wildman–Crippen MR) is 144 cm³/mol. The van der Waals surface area contributed by atoms with Gasteiger partial charge >= 0.3 is 0 Å². The number of benzene rings is 1. The summed E-state index contributed by atoms with van der Waals surface area (Å²) in [4.78, 5) is 44.1. The minimum absolute atomic E-state index is 0.103. The van der Waals surface area contributed by atoms with Crippen LogP contribution in [0.4, 0.5) is 5.69 Å². The van der Waals surface area contributed by atoms with Gasteiger partial charge in [-0.05, 0) is 55.5 Å². The van der Waals surface area contributed by atoms with Crippen molar-refractivity contribution in [2.45, 2.75) is 69.4 Å². The third-order valence-electron chi connectivity index (χ3n) is 8.22. The Labute approximate surface area is 226 Å². The van der Waals surface area contributed by atoms with Gasteiger partial charge < -0.3 is 25.0 Å². The molecule has 2 N–H and O–H groups in total. The van der Waals surface area contributed by atoms with Gasteiger partial charge in [-0.15, -0.1) is 11.3 Å². The van der Waals surface area contributed by atoms with E-state index in [0.29, 0.717) is 18.8 Å². The highest BCUT2D eigenvalue weighted by atomic mass is 32.1. The second-order valence-corrected chi connectivity index (χ2v) is 11.6. The summed E-state index contributed by atoms with van der Waals surface area (Å²) >= 11 is 1.55. The molecule has 6 rings (SSSR count). The minimum atomic E-state index is -1.15. The second-order valence-electron chi connectivity index (χ2n) is 10.5. The van der Waals surface area contributed by atoms with Crippen LogP contribution in [0.15, 0.2) is 53.9 Å². The van der Waals surface area contributed by atoms with Crippen LogP contribution in [-0.4, -0.2) is 53.0 Å². The quantitative estimate of drug-likeness (QED) is 0.500. The van der Waals surface area contributed by atoms with Crippen molar-refractivity contribution in [2.24, 2.45) is 11.8 Å². The van der Waals surface area contributed by atoms with Crippen LogP contribution in [0.25, 0.3) is 0 Å². The SMILES string of the molecule is CCOc1ccc(NC(=O)C2C3C=CC4(O3)C2C(=O)N(Cc2cccs2)C4C(=O)NC2CCCCC2)cc1. The lowest BCUT2D eigenvalue weighted by molar-refractivity contribution is -0.142. The Kier molecular flexibility index (Phi) is 6.74. The van der Waals surface area contributed by atoms with Gasteiger partial charge in [-0.1, -0.05) is 37.5 Å². The monoisotopic (exact) mass is 535 g/mol. The van der Waals surface area contributed by atoms with Crippen molar-refractivity contribution in [2.75, 3.05) is 11.9 Å². The number of hydrogen-bond acceptors (Lipinski definition) is 6. The zero-order valence-electron chi connectivity index (χ0n) is 21.4. The summed E-state index contributed by atoms with van der Waals surface area (Å²) in [6.07, 6.45) is 8.41. The van der Waals surface area contributed by atoms with Gasteiger partial charge in [0.15, 0.2) is 0 Å². The molecule has 8 nitrogen and oxygen atoms in total. The van der Waals surface area contributed by atoms with Crippen molar-refractivity contribution >= 4 is 34.7 Å². The summed E-state index contributed by atoms with van der Waals surface area (Å²) < 4.78 is 11.9. The molecule has 3 amide bonds. The van der Waals surface area contributed by atoms with E-state index in [2.05, 4.69) is 10.6 Å². The van der Waals surface area contributed by atoms with Crippen LogP contribution in [-0.2, 0) is 25.7 Å². The Morgan fingerprint density at radius 3 is 2.63 bits per heavy atom. The van der Waals surface area contributed by atoms with Crippen molar-refractivity contribution in [1.82, 2.24) is 10.2 Å². The van der Waals surface area contributed by atoms with Gasteiger partial charge in [-0.3, -0.25) is 14.4 Å². The van der Waals surface area contributed by atoms with Crippen LogP contribution in [0.1, 0.15) is 43.9 Å². The van der Waals surface area contributed by atoms with Gasteiger partial charge in [0.2, 0.25) is 17.7 Å². The van der Waals surface area contributed by atoms with E-state index < -0.39 is 29.6 Å². The molecule has 0 radical (unpaired) electrons. The Balaban J connectivity index is 1.28. The summed E-state index contributed by atoms with van der Waals surface area (Å²) in [6.45, 7) is 2.78. The summed E-state index contributed by atoms with van der Waals surface area (Å²) in [7, 11) is 0. The lowest BCUT2D eigenvalue weighted by Crippen LogP contribution is -2.56. The molecule has 1 aromatic heterocycles. The van der Waals surface area contributed by atoms with E-state index in [-0.39, 0.29) is 23.8 Å². The zero-order chi connectivity index (χ0) is 26.3. The fraction of sp³-hybridized carbons (Fsp3) is 0.483. The molecule has 2 bridgehead atoms. The van der Waals surface area contributed by atoms with Crippen LogP contribution in [0.3, 0.4) is 0 Å². The van der Waals surface area contributed by atoms with Gasteiger partial charge in [-0.25, -0.2) is 0 Å². The number of nitrogens with zero attached hydrogens (tertiary/aromatic N) is 1. The lowest BCUT2D eigenvalue weighted by atomic mass is 9.74. The van der Waals surface area contributed by atoms with E-state index in [1.165, 1.54) is 6.42 Å². The Hall–Kier alpha value is -3.17. The first kappa shape index (κ1) is 25.1. The number of nitrogens with one attached hydrogen (secondary N) is 2. The number of carbonyl (C=O) groups excluding carboxylic acids is 3. The van der Waals surface area contributed by atoms with Crippen LogP contribution in [0.5, 0.6) is 5.75 Å². The van der Waals surface area contributed by atoms with E-state index in [4.69, 9.17) is 9.47 Å². The van der Waals surface area contributed by atoms with Crippen molar-refractivity contribution in [3.8, 4) is 5.75 Å². The molecule has 38 heavy (non-hydrogen) atoms. The third-order valence-corrected chi connectivity index (χ3v) is 9.08. The fourth-order valence-corrected chi connectivity index (χ4v) is 7.26. The number of carbonyl (C=O) groups is 3. The molecule has 5 unspecified atom stereocenters. The number of fused-ring (bicyclic) bond motifs is 1. The molecule has 2 saturated heterocycles. The molecule has 3 aliphatic heterocycles.